The molecule has 102 valence electrons. The lowest BCUT2D eigenvalue weighted by Crippen LogP contribution is -2.20. The molecule has 1 heterocycles. The fourth-order valence-corrected chi connectivity index (χ4v) is 2.82. The molecule has 1 aliphatic heterocycles. The van der Waals surface area contributed by atoms with E-state index >= 15 is 0 Å². The van der Waals surface area contributed by atoms with Gasteiger partial charge in [-0.05, 0) is 36.4 Å². The van der Waals surface area contributed by atoms with Crippen LogP contribution in [-0.4, -0.2) is 5.78 Å². The first-order chi connectivity index (χ1) is 9.54. The summed E-state index contributed by atoms with van der Waals surface area (Å²) in [4.78, 5) is 12.2. The van der Waals surface area contributed by atoms with Gasteiger partial charge in [-0.3, -0.25) is 4.79 Å². The molecular formula is C15H9Cl3O2. The van der Waals surface area contributed by atoms with Crippen LogP contribution in [0.3, 0.4) is 0 Å². The Labute approximate surface area is 131 Å². The molecule has 0 aromatic heterocycles. The lowest BCUT2D eigenvalue weighted by atomic mass is 9.96. The highest BCUT2D eigenvalue weighted by molar-refractivity contribution is 6.33. The molecule has 0 spiro atoms. The minimum atomic E-state index is -0.428. The van der Waals surface area contributed by atoms with E-state index in [9.17, 15) is 4.79 Å². The van der Waals surface area contributed by atoms with Crippen molar-refractivity contribution < 1.29 is 9.53 Å². The molecule has 2 aromatic carbocycles. The summed E-state index contributed by atoms with van der Waals surface area (Å²) in [6.45, 7) is 0. The van der Waals surface area contributed by atoms with Gasteiger partial charge in [0.2, 0.25) is 0 Å². The fraction of sp³-hybridized carbons (Fsp3) is 0.133. The smallest absolute Gasteiger partial charge is 0.170 e. The molecule has 0 saturated carbocycles. The average molecular weight is 328 g/mol. The highest BCUT2D eigenvalue weighted by Gasteiger charge is 2.29. The van der Waals surface area contributed by atoms with E-state index < -0.39 is 6.10 Å². The third-order valence-electron chi connectivity index (χ3n) is 3.19. The van der Waals surface area contributed by atoms with Crippen molar-refractivity contribution >= 4 is 40.6 Å². The van der Waals surface area contributed by atoms with Gasteiger partial charge in [0, 0.05) is 20.6 Å². The van der Waals surface area contributed by atoms with E-state index in [1.807, 2.05) is 0 Å². The molecule has 1 atom stereocenters. The van der Waals surface area contributed by atoms with Crippen LogP contribution >= 0.6 is 34.8 Å². The number of carbonyl (C=O) groups is 1. The molecule has 1 unspecified atom stereocenters. The van der Waals surface area contributed by atoms with Crippen LogP contribution in [0.4, 0.5) is 0 Å². The van der Waals surface area contributed by atoms with E-state index in [2.05, 4.69) is 0 Å². The molecule has 1 aliphatic rings. The predicted octanol–water partition coefficient (Wildman–Crippen LogP) is 5.35. The summed E-state index contributed by atoms with van der Waals surface area (Å²) in [6, 6.07) is 10.1. The number of ether oxygens (including phenoxy) is 1. The van der Waals surface area contributed by atoms with Crippen molar-refractivity contribution in [1.29, 1.82) is 0 Å². The van der Waals surface area contributed by atoms with Crippen LogP contribution in [0.2, 0.25) is 15.1 Å². The van der Waals surface area contributed by atoms with Gasteiger partial charge in [0.05, 0.1) is 12.0 Å². The first kappa shape index (κ1) is 13.7. The molecule has 5 heteroatoms. The van der Waals surface area contributed by atoms with Crippen molar-refractivity contribution in [3.63, 3.8) is 0 Å². The van der Waals surface area contributed by atoms with Crippen LogP contribution in [0.15, 0.2) is 36.4 Å². The van der Waals surface area contributed by atoms with Crippen molar-refractivity contribution in [2.24, 2.45) is 0 Å². The van der Waals surface area contributed by atoms with Crippen molar-refractivity contribution in [3.8, 4) is 5.75 Å². The fourth-order valence-electron chi connectivity index (χ4n) is 2.23. The molecule has 0 amide bonds. The highest BCUT2D eigenvalue weighted by Crippen LogP contribution is 2.38. The van der Waals surface area contributed by atoms with Crippen molar-refractivity contribution in [1.82, 2.24) is 0 Å². The SMILES string of the molecule is O=C1CC(c2cc(Cl)ccc2Cl)Oc2ccc(Cl)cc21. The minimum absolute atomic E-state index is 0.0187. The molecule has 3 rings (SSSR count). The molecule has 20 heavy (non-hydrogen) atoms. The van der Waals surface area contributed by atoms with Crippen LogP contribution in [-0.2, 0) is 0 Å². The maximum Gasteiger partial charge on any atom is 0.170 e. The molecule has 2 nitrogen and oxygen atoms in total. The maximum absolute atomic E-state index is 12.2. The lowest BCUT2D eigenvalue weighted by Gasteiger charge is -2.26. The summed E-state index contributed by atoms with van der Waals surface area (Å²) in [7, 11) is 0. The van der Waals surface area contributed by atoms with E-state index in [0.29, 0.717) is 31.9 Å². The Morgan fingerprint density at radius 1 is 1.00 bits per heavy atom. The second-order valence-corrected chi connectivity index (χ2v) is 5.82. The predicted molar refractivity (Wildman–Crippen MR) is 80.2 cm³/mol. The van der Waals surface area contributed by atoms with Gasteiger partial charge in [0.15, 0.2) is 5.78 Å². The summed E-state index contributed by atoms with van der Waals surface area (Å²) < 4.78 is 5.86. The molecule has 0 saturated heterocycles. The van der Waals surface area contributed by atoms with E-state index in [1.165, 1.54) is 0 Å². The lowest BCUT2D eigenvalue weighted by molar-refractivity contribution is 0.0850. The number of benzene rings is 2. The molecular weight excluding hydrogens is 319 g/mol. The summed E-state index contributed by atoms with van der Waals surface area (Å²) in [6.07, 6.45) is -0.213. The van der Waals surface area contributed by atoms with Crippen LogP contribution < -0.4 is 4.74 Å². The number of fused-ring (bicyclic) bond motifs is 1. The number of hydrogen-bond acceptors (Lipinski definition) is 2. The van der Waals surface area contributed by atoms with Crippen LogP contribution in [0, 0.1) is 0 Å². The largest absolute Gasteiger partial charge is 0.484 e. The zero-order chi connectivity index (χ0) is 14.3. The van der Waals surface area contributed by atoms with E-state index in [0.717, 1.165) is 0 Å². The van der Waals surface area contributed by atoms with Crippen molar-refractivity contribution in [3.05, 3.63) is 62.6 Å². The number of ketones is 1. The quantitative estimate of drug-likeness (QED) is 0.705. The van der Waals surface area contributed by atoms with E-state index in [4.69, 9.17) is 39.5 Å². The van der Waals surface area contributed by atoms with Gasteiger partial charge < -0.3 is 4.74 Å². The zero-order valence-corrected chi connectivity index (χ0v) is 12.5. The van der Waals surface area contributed by atoms with Gasteiger partial charge in [-0.15, -0.1) is 0 Å². The number of carbonyl (C=O) groups excluding carboxylic acids is 1. The molecule has 0 radical (unpaired) electrons. The molecule has 0 aliphatic carbocycles. The molecule has 0 bridgehead atoms. The Balaban J connectivity index is 2.01. The molecule has 0 N–H and O–H groups in total. The van der Waals surface area contributed by atoms with Crippen molar-refractivity contribution in [2.45, 2.75) is 12.5 Å². The first-order valence-corrected chi connectivity index (χ1v) is 7.12. The second-order valence-electron chi connectivity index (χ2n) is 4.54. The Kier molecular flexibility index (Phi) is 3.63. The summed E-state index contributed by atoms with van der Waals surface area (Å²) in [5, 5.41) is 1.60. The van der Waals surface area contributed by atoms with Gasteiger partial charge in [-0.2, -0.15) is 0 Å². The zero-order valence-electron chi connectivity index (χ0n) is 10.2. The Morgan fingerprint density at radius 3 is 2.50 bits per heavy atom. The number of rotatable bonds is 1. The average Bonchev–Trinajstić information content (AvgIpc) is 2.42. The number of hydrogen-bond donors (Lipinski definition) is 0. The monoisotopic (exact) mass is 326 g/mol. The summed E-state index contributed by atoms with van der Waals surface area (Å²) in [5.41, 5.74) is 1.22. The Hall–Kier alpha value is -1.22. The van der Waals surface area contributed by atoms with E-state index in [-0.39, 0.29) is 12.2 Å². The Bertz CT molecular complexity index is 698. The van der Waals surface area contributed by atoms with Crippen LogP contribution in [0.1, 0.15) is 28.4 Å². The summed E-state index contributed by atoms with van der Waals surface area (Å²) in [5.74, 6) is 0.501. The first-order valence-electron chi connectivity index (χ1n) is 5.99. The van der Waals surface area contributed by atoms with Gasteiger partial charge in [-0.1, -0.05) is 34.8 Å². The molecule has 0 fully saturated rings. The van der Waals surface area contributed by atoms with Crippen LogP contribution in [0.5, 0.6) is 5.75 Å². The van der Waals surface area contributed by atoms with E-state index in [1.54, 1.807) is 36.4 Å². The van der Waals surface area contributed by atoms with Gasteiger partial charge in [0.1, 0.15) is 11.9 Å². The standard InChI is InChI=1S/C15H9Cl3O2/c16-8-1-3-12(18)10(5-8)15-7-13(19)11-6-9(17)2-4-14(11)20-15/h1-6,15H,7H2. The number of halogens is 3. The third kappa shape index (κ3) is 2.51. The topological polar surface area (TPSA) is 26.3 Å². The van der Waals surface area contributed by atoms with Gasteiger partial charge in [-0.25, -0.2) is 0 Å². The van der Waals surface area contributed by atoms with Crippen molar-refractivity contribution in [2.75, 3.05) is 0 Å². The normalized spacial score (nSPS) is 17.6. The number of Topliss-reactive ketones (excluding diaryl/α,β-unsaturated/α-hetero) is 1. The van der Waals surface area contributed by atoms with Gasteiger partial charge in [0.25, 0.3) is 0 Å². The summed E-state index contributed by atoms with van der Waals surface area (Å²) >= 11 is 18.0. The van der Waals surface area contributed by atoms with Crippen LogP contribution in [0.25, 0.3) is 0 Å². The Morgan fingerprint density at radius 2 is 1.70 bits per heavy atom. The highest BCUT2D eigenvalue weighted by atomic mass is 35.5. The van der Waals surface area contributed by atoms with Gasteiger partial charge >= 0.3 is 0 Å². The maximum atomic E-state index is 12.2. The third-order valence-corrected chi connectivity index (χ3v) is 4.00. The second kappa shape index (κ2) is 5.28. The molecule has 2 aromatic rings. The minimum Gasteiger partial charge on any atom is -0.484 e.